The van der Waals surface area contributed by atoms with Crippen molar-refractivity contribution >= 4 is 29.9 Å². The van der Waals surface area contributed by atoms with E-state index in [1.807, 2.05) is 0 Å². The standard InChI is InChI=1S/C17H23N5O3.ClH/c1-18-15(23)8-9-25-14-6-4-13(5-7-14)21-17(24)16(19-2)12-10-20-22(3)11-12;/h4-7,10-11,16,19H,8-9H2,1-3H3,(H,18,23)(H,21,24);1H. The van der Waals surface area contributed by atoms with Crippen molar-refractivity contribution in [1.82, 2.24) is 20.4 Å². The van der Waals surface area contributed by atoms with E-state index in [2.05, 4.69) is 21.0 Å². The van der Waals surface area contributed by atoms with Gasteiger partial charge in [-0.1, -0.05) is 0 Å². The SMILES string of the molecule is CNC(=O)CCOc1ccc(NC(=O)C(NC)c2cnn(C)c2)cc1.Cl. The fourth-order valence-corrected chi connectivity index (χ4v) is 2.27. The third-order valence-electron chi connectivity index (χ3n) is 3.61. The summed E-state index contributed by atoms with van der Waals surface area (Å²) in [5.74, 6) is 0.389. The van der Waals surface area contributed by atoms with Crippen LogP contribution >= 0.6 is 12.4 Å². The Labute approximate surface area is 158 Å². The molecule has 9 heteroatoms. The normalized spacial score (nSPS) is 11.2. The number of ether oxygens (including phenoxy) is 1. The molecule has 2 rings (SSSR count). The minimum atomic E-state index is -0.489. The van der Waals surface area contributed by atoms with Crippen LogP contribution in [0.3, 0.4) is 0 Å². The molecule has 1 atom stereocenters. The zero-order valence-electron chi connectivity index (χ0n) is 15.0. The van der Waals surface area contributed by atoms with Crippen molar-refractivity contribution in [2.45, 2.75) is 12.5 Å². The highest BCUT2D eigenvalue weighted by molar-refractivity contribution is 5.95. The summed E-state index contributed by atoms with van der Waals surface area (Å²) in [6.45, 7) is 0.300. The lowest BCUT2D eigenvalue weighted by molar-refractivity contribution is -0.121. The number of aromatic nitrogens is 2. The predicted octanol–water partition coefficient (Wildman–Crippen LogP) is 1.26. The minimum Gasteiger partial charge on any atom is -0.493 e. The summed E-state index contributed by atoms with van der Waals surface area (Å²) in [5.41, 5.74) is 1.45. The van der Waals surface area contributed by atoms with Crippen LogP contribution in [-0.2, 0) is 16.6 Å². The minimum absolute atomic E-state index is 0. The summed E-state index contributed by atoms with van der Waals surface area (Å²) >= 11 is 0. The summed E-state index contributed by atoms with van der Waals surface area (Å²) in [4.78, 5) is 23.6. The van der Waals surface area contributed by atoms with Crippen molar-refractivity contribution < 1.29 is 14.3 Å². The highest BCUT2D eigenvalue weighted by atomic mass is 35.5. The number of halogens is 1. The zero-order chi connectivity index (χ0) is 18.2. The molecule has 0 saturated heterocycles. The van der Waals surface area contributed by atoms with Crippen LogP contribution in [0.1, 0.15) is 18.0 Å². The molecule has 0 radical (unpaired) electrons. The average molecular weight is 382 g/mol. The van der Waals surface area contributed by atoms with Gasteiger partial charge in [0.05, 0.1) is 19.2 Å². The van der Waals surface area contributed by atoms with Crippen LogP contribution in [0.4, 0.5) is 5.69 Å². The quantitative estimate of drug-likeness (QED) is 0.639. The third-order valence-corrected chi connectivity index (χ3v) is 3.61. The number of nitrogens with zero attached hydrogens (tertiary/aromatic N) is 2. The lowest BCUT2D eigenvalue weighted by Crippen LogP contribution is -2.30. The number of hydrogen-bond acceptors (Lipinski definition) is 5. The molecule has 1 heterocycles. The molecule has 0 aliphatic heterocycles. The molecule has 2 amide bonds. The topological polar surface area (TPSA) is 97.3 Å². The van der Waals surface area contributed by atoms with E-state index in [1.54, 1.807) is 62.5 Å². The molecule has 0 fully saturated rings. The van der Waals surface area contributed by atoms with E-state index < -0.39 is 6.04 Å². The van der Waals surface area contributed by atoms with Gasteiger partial charge in [-0.25, -0.2) is 0 Å². The number of amides is 2. The second kappa shape index (κ2) is 10.4. The molecule has 0 saturated carbocycles. The summed E-state index contributed by atoms with van der Waals surface area (Å²) in [7, 11) is 5.11. The Balaban J connectivity index is 0.00000338. The van der Waals surface area contributed by atoms with E-state index in [4.69, 9.17) is 4.74 Å². The average Bonchev–Trinajstić information content (AvgIpc) is 3.03. The molecule has 26 heavy (non-hydrogen) atoms. The molecular formula is C17H24ClN5O3. The van der Waals surface area contributed by atoms with E-state index >= 15 is 0 Å². The van der Waals surface area contributed by atoms with Crippen molar-refractivity contribution in [3.05, 3.63) is 42.2 Å². The Morgan fingerprint density at radius 3 is 2.46 bits per heavy atom. The van der Waals surface area contributed by atoms with Gasteiger partial charge in [0.15, 0.2) is 0 Å². The smallest absolute Gasteiger partial charge is 0.246 e. The van der Waals surface area contributed by atoms with Crippen LogP contribution in [0.25, 0.3) is 0 Å². The number of benzene rings is 1. The summed E-state index contributed by atoms with van der Waals surface area (Å²) in [5, 5.41) is 12.5. The number of carbonyl (C=O) groups is 2. The van der Waals surface area contributed by atoms with Crippen LogP contribution in [0.15, 0.2) is 36.7 Å². The third kappa shape index (κ3) is 6.05. The van der Waals surface area contributed by atoms with Crippen molar-refractivity contribution in [2.75, 3.05) is 26.0 Å². The van der Waals surface area contributed by atoms with Gasteiger partial charge >= 0.3 is 0 Å². The van der Waals surface area contributed by atoms with Gasteiger partial charge in [-0.3, -0.25) is 14.3 Å². The highest BCUT2D eigenvalue weighted by Crippen LogP contribution is 2.18. The Hall–Kier alpha value is -2.58. The molecule has 0 bridgehead atoms. The first-order chi connectivity index (χ1) is 12.0. The molecule has 0 spiro atoms. The first-order valence-electron chi connectivity index (χ1n) is 7.93. The molecule has 0 aliphatic rings. The first-order valence-corrected chi connectivity index (χ1v) is 7.93. The molecule has 142 valence electrons. The predicted molar refractivity (Wildman–Crippen MR) is 102 cm³/mol. The summed E-state index contributed by atoms with van der Waals surface area (Å²) < 4.78 is 7.13. The Morgan fingerprint density at radius 2 is 1.92 bits per heavy atom. The van der Waals surface area contributed by atoms with E-state index in [-0.39, 0.29) is 24.2 Å². The van der Waals surface area contributed by atoms with Gasteiger partial charge in [0.2, 0.25) is 11.8 Å². The van der Waals surface area contributed by atoms with E-state index in [9.17, 15) is 9.59 Å². The maximum atomic E-state index is 12.4. The largest absolute Gasteiger partial charge is 0.493 e. The van der Waals surface area contributed by atoms with Crippen LogP contribution in [0, 0.1) is 0 Å². The second-order valence-corrected chi connectivity index (χ2v) is 5.45. The van der Waals surface area contributed by atoms with Gasteiger partial charge in [0.1, 0.15) is 11.8 Å². The Morgan fingerprint density at radius 1 is 1.23 bits per heavy atom. The zero-order valence-corrected chi connectivity index (χ0v) is 15.8. The molecule has 0 aliphatic carbocycles. The molecule has 3 N–H and O–H groups in total. The fraction of sp³-hybridized carbons (Fsp3) is 0.353. The second-order valence-electron chi connectivity index (χ2n) is 5.45. The first kappa shape index (κ1) is 21.5. The summed E-state index contributed by atoms with van der Waals surface area (Å²) in [6, 6.07) is 6.51. The van der Waals surface area contributed by atoms with E-state index in [0.29, 0.717) is 24.5 Å². The number of aryl methyl sites for hydroxylation is 1. The number of hydrogen-bond donors (Lipinski definition) is 3. The fourth-order valence-electron chi connectivity index (χ4n) is 2.27. The number of rotatable bonds is 8. The van der Waals surface area contributed by atoms with Crippen molar-refractivity contribution in [3.8, 4) is 5.75 Å². The number of carbonyl (C=O) groups excluding carboxylic acids is 2. The Kier molecular flexibility index (Phi) is 8.60. The van der Waals surface area contributed by atoms with E-state index in [1.165, 1.54) is 0 Å². The monoisotopic (exact) mass is 381 g/mol. The van der Waals surface area contributed by atoms with Crippen LogP contribution < -0.4 is 20.7 Å². The highest BCUT2D eigenvalue weighted by Gasteiger charge is 2.20. The lowest BCUT2D eigenvalue weighted by atomic mass is 10.1. The molecule has 8 nitrogen and oxygen atoms in total. The molecular weight excluding hydrogens is 358 g/mol. The van der Waals surface area contributed by atoms with Gasteiger partial charge in [-0.05, 0) is 31.3 Å². The maximum Gasteiger partial charge on any atom is 0.246 e. The van der Waals surface area contributed by atoms with Crippen molar-refractivity contribution in [2.24, 2.45) is 7.05 Å². The van der Waals surface area contributed by atoms with Crippen LogP contribution in [0.2, 0.25) is 0 Å². The number of nitrogens with one attached hydrogen (secondary N) is 3. The molecule has 1 unspecified atom stereocenters. The number of likely N-dealkylation sites (N-methyl/N-ethyl adjacent to an activating group) is 1. The molecule has 2 aromatic rings. The maximum absolute atomic E-state index is 12.4. The lowest BCUT2D eigenvalue weighted by Gasteiger charge is -2.15. The summed E-state index contributed by atoms with van der Waals surface area (Å²) in [6.07, 6.45) is 3.75. The van der Waals surface area contributed by atoms with E-state index in [0.717, 1.165) is 5.56 Å². The number of anilines is 1. The van der Waals surface area contributed by atoms with Gasteiger partial charge in [0.25, 0.3) is 0 Å². The Bertz CT molecular complexity index is 717. The van der Waals surface area contributed by atoms with Gasteiger partial charge < -0.3 is 20.7 Å². The molecule has 1 aromatic carbocycles. The van der Waals surface area contributed by atoms with Gasteiger partial charge in [-0.15, -0.1) is 12.4 Å². The molecule has 1 aromatic heterocycles. The van der Waals surface area contributed by atoms with Crippen molar-refractivity contribution in [3.63, 3.8) is 0 Å². The van der Waals surface area contributed by atoms with Crippen LogP contribution in [-0.4, -0.2) is 42.3 Å². The van der Waals surface area contributed by atoms with Crippen molar-refractivity contribution in [1.29, 1.82) is 0 Å². The van der Waals surface area contributed by atoms with Gasteiger partial charge in [0, 0.05) is 31.5 Å². The van der Waals surface area contributed by atoms with Crippen LogP contribution in [0.5, 0.6) is 5.75 Å². The van der Waals surface area contributed by atoms with Gasteiger partial charge in [-0.2, -0.15) is 5.10 Å².